The Labute approximate surface area is 125 Å². The maximum atomic E-state index is 12.3. The van der Waals surface area contributed by atoms with E-state index in [-0.39, 0.29) is 12.1 Å². The number of morpholine rings is 1. The Bertz CT molecular complexity index is 461. The lowest BCUT2D eigenvalue weighted by molar-refractivity contribution is 0.00465. The summed E-state index contributed by atoms with van der Waals surface area (Å²) in [6.07, 6.45) is 2.46. The topological polar surface area (TPSA) is 41.6 Å². The molecule has 2 fully saturated rings. The van der Waals surface area contributed by atoms with Crippen LogP contribution in [0.25, 0.3) is 0 Å². The fourth-order valence-electron chi connectivity index (χ4n) is 2.46. The number of nitrogens with zero attached hydrogens (tertiary/aromatic N) is 1. The van der Waals surface area contributed by atoms with Crippen molar-refractivity contribution in [3.8, 4) is 0 Å². The minimum atomic E-state index is 0.0460. The van der Waals surface area contributed by atoms with Gasteiger partial charge in [-0.1, -0.05) is 0 Å². The molecule has 2 heterocycles. The summed E-state index contributed by atoms with van der Waals surface area (Å²) in [6, 6.07) is 4.37. The predicted octanol–water partition coefficient (Wildman–Crippen LogP) is 2.83. The smallest absolute Gasteiger partial charge is 0.318 e. The van der Waals surface area contributed by atoms with Crippen LogP contribution in [0.2, 0.25) is 0 Å². The molecule has 1 aliphatic heterocycles. The molecule has 0 unspecified atom stereocenters. The number of ether oxygens (including phenoxy) is 1. The molecule has 1 aromatic heterocycles. The van der Waals surface area contributed by atoms with E-state index in [1.54, 1.807) is 11.3 Å². The highest BCUT2D eigenvalue weighted by Crippen LogP contribution is 2.36. The summed E-state index contributed by atoms with van der Waals surface area (Å²) in [5, 5.41) is 3.02. The van der Waals surface area contributed by atoms with Crippen molar-refractivity contribution in [3.63, 3.8) is 0 Å². The van der Waals surface area contributed by atoms with Gasteiger partial charge in [0.2, 0.25) is 0 Å². The van der Waals surface area contributed by atoms with Crippen LogP contribution >= 0.6 is 27.3 Å². The van der Waals surface area contributed by atoms with E-state index in [0.717, 1.165) is 8.66 Å². The molecule has 0 aromatic carbocycles. The fourth-order valence-corrected chi connectivity index (χ4v) is 3.88. The molecule has 0 radical (unpaired) electrons. The summed E-state index contributed by atoms with van der Waals surface area (Å²) < 4.78 is 6.60. The zero-order valence-electron chi connectivity index (χ0n) is 10.6. The van der Waals surface area contributed by atoms with Gasteiger partial charge >= 0.3 is 6.03 Å². The van der Waals surface area contributed by atoms with Crippen LogP contribution in [0.5, 0.6) is 0 Å². The van der Waals surface area contributed by atoms with Gasteiger partial charge in [-0.2, -0.15) is 0 Å². The van der Waals surface area contributed by atoms with Crippen LogP contribution in [-0.2, 0) is 11.3 Å². The monoisotopic (exact) mass is 344 g/mol. The lowest BCUT2D eigenvalue weighted by Gasteiger charge is -2.35. The van der Waals surface area contributed by atoms with Crippen molar-refractivity contribution >= 4 is 33.3 Å². The SMILES string of the molecule is O=C(NCc1ccc(Br)s1)N1CCOC[C@@H]1C1CC1. The molecule has 104 valence electrons. The van der Waals surface area contributed by atoms with E-state index in [2.05, 4.69) is 21.2 Å². The second-order valence-corrected chi connectivity index (χ2v) is 7.59. The number of hydrogen-bond acceptors (Lipinski definition) is 3. The summed E-state index contributed by atoms with van der Waals surface area (Å²) in [6.45, 7) is 2.66. The van der Waals surface area contributed by atoms with E-state index in [4.69, 9.17) is 4.74 Å². The number of urea groups is 1. The Morgan fingerprint density at radius 2 is 2.37 bits per heavy atom. The number of rotatable bonds is 3. The first-order valence-corrected chi connectivity index (χ1v) is 8.21. The normalized spacial score (nSPS) is 23.4. The van der Waals surface area contributed by atoms with Crippen molar-refractivity contribution in [3.05, 3.63) is 20.8 Å². The Hall–Kier alpha value is -0.590. The summed E-state index contributed by atoms with van der Waals surface area (Å²) >= 11 is 5.09. The molecular formula is C13H17BrN2O2S. The third-order valence-corrected chi connectivity index (χ3v) is 5.26. The molecule has 6 heteroatoms. The van der Waals surface area contributed by atoms with Crippen molar-refractivity contribution in [2.75, 3.05) is 19.8 Å². The highest BCUT2D eigenvalue weighted by Gasteiger charge is 2.39. The van der Waals surface area contributed by atoms with Crippen molar-refractivity contribution in [1.29, 1.82) is 0 Å². The third-order valence-electron chi connectivity index (χ3n) is 3.64. The molecule has 3 rings (SSSR count). The molecule has 1 atom stereocenters. The van der Waals surface area contributed by atoms with Crippen molar-refractivity contribution < 1.29 is 9.53 Å². The minimum absolute atomic E-state index is 0.0460. The largest absolute Gasteiger partial charge is 0.377 e. The average Bonchev–Trinajstić information content (AvgIpc) is 3.19. The van der Waals surface area contributed by atoms with E-state index in [0.29, 0.717) is 32.2 Å². The summed E-state index contributed by atoms with van der Waals surface area (Å²) in [7, 11) is 0. The molecule has 1 aliphatic carbocycles. The molecule has 1 N–H and O–H groups in total. The highest BCUT2D eigenvalue weighted by atomic mass is 79.9. The predicted molar refractivity (Wildman–Crippen MR) is 78.3 cm³/mol. The number of thiophene rings is 1. The van der Waals surface area contributed by atoms with Crippen LogP contribution in [0.1, 0.15) is 17.7 Å². The second-order valence-electron chi connectivity index (χ2n) is 5.04. The number of hydrogen-bond donors (Lipinski definition) is 1. The van der Waals surface area contributed by atoms with Crippen molar-refractivity contribution in [2.24, 2.45) is 5.92 Å². The lowest BCUT2D eigenvalue weighted by atomic mass is 10.1. The van der Waals surface area contributed by atoms with Gasteiger partial charge in [0.15, 0.2) is 0 Å². The molecule has 0 spiro atoms. The summed E-state index contributed by atoms with van der Waals surface area (Å²) in [5.74, 6) is 0.655. The molecule has 1 aromatic rings. The van der Waals surface area contributed by atoms with Gasteiger partial charge in [-0.25, -0.2) is 4.79 Å². The molecule has 2 aliphatic rings. The Morgan fingerprint density at radius 3 is 3.05 bits per heavy atom. The van der Waals surface area contributed by atoms with Gasteiger partial charge < -0.3 is 15.0 Å². The highest BCUT2D eigenvalue weighted by molar-refractivity contribution is 9.11. The van der Waals surface area contributed by atoms with Crippen LogP contribution in [0.4, 0.5) is 4.79 Å². The van der Waals surface area contributed by atoms with Crippen LogP contribution in [-0.4, -0.2) is 36.7 Å². The molecule has 2 amide bonds. The lowest BCUT2D eigenvalue weighted by Crippen LogP contribution is -2.53. The number of nitrogens with one attached hydrogen (secondary N) is 1. The van der Waals surface area contributed by atoms with Gasteiger partial charge in [0.1, 0.15) is 0 Å². The van der Waals surface area contributed by atoms with Gasteiger partial charge in [-0.15, -0.1) is 11.3 Å². The quantitative estimate of drug-likeness (QED) is 0.915. The fraction of sp³-hybridized carbons (Fsp3) is 0.615. The standard InChI is InChI=1S/C13H17BrN2O2S/c14-12-4-3-10(19-12)7-15-13(17)16-5-6-18-8-11(16)9-1-2-9/h3-4,9,11H,1-2,5-8H2,(H,15,17)/t11-/m1/s1. The van der Waals surface area contributed by atoms with Crippen molar-refractivity contribution in [2.45, 2.75) is 25.4 Å². The Balaban J connectivity index is 1.56. The first-order chi connectivity index (χ1) is 9.24. The Kier molecular flexibility index (Phi) is 4.10. The first-order valence-electron chi connectivity index (χ1n) is 6.60. The molecular weight excluding hydrogens is 328 g/mol. The van der Waals surface area contributed by atoms with Crippen LogP contribution in [0, 0.1) is 5.92 Å². The first kappa shape index (κ1) is 13.4. The second kappa shape index (κ2) is 5.81. The maximum absolute atomic E-state index is 12.3. The van der Waals surface area contributed by atoms with E-state index >= 15 is 0 Å². The van der Waals surface area contributed by atoms with Crippen molar-refractivity contribution in [1.82, 2.24) is 10.2 Å². The van der Waals surface area contributed by atoms with E-state index < -0.39 is 0 Å². The summed E-state index contributed by atoms with van der Waals surface area (Å²) in [4.78, 5) is 15.4. The number of halogens is 1. The maximum Gasteiger partial charge on any atom is 0.318 e. The van der Waals surface area contributed by atoms with Gasteiger partial charge in [-0.05, 0) is 46.8 Å². The molecule has 0 bridgehead atoms. The van der Waals surface area contributed by atoms with Gasteiger partial charge in [-0.3, -0.25) is 0 Å². The molecule has 4 nitrogen and oxygen atoms in total. The van der Waals surface area contributed by atoms with Gasteiger partial charge in [0.05, 0.1) is 29.6 Å². The van der Waals surface area contributed by atoms with Crippen LogP contribution in [0.15, 0.2) is 15.9 Å². The summed E-state index contributed by atoms with van der Waals surface area (Å²) in [5.41, 5.74) is 0. The van der Waals surface area contributed by atoms with Crippen LogP contribution < -0.4 is 5.32 Å². The molecule has 1 saturated carbocycles. The zero-order valence-corrected chi connectivity index (χ0v) is 13.0. The average molecular weight is 345 g/mol. The number of carbonyl (C=O) groups is 1. The minimum Gasteiger partial charge on any atom is -0.377 e. The van der Waals surface area contributed by atoms with Crippen LogP contribution in [0.3, 0.4) is 0 Å². The van der Waals surface area contributed by atoms with E-state index in [1.165, 1.54) is 12.8 Å². The van der Waals surface area contributed by atoms with Gasteiger partial charge in [0.25, 0.3) is 0 Å². The molecule has 19 heavy (non-hydrogen) atoms. The molecule has 1 saturated heterocycles. The number of carbonyl (C=O) groups excluding carboxylic acids is 1. The van der Waals surface area contributed by atoms with E-state index in [9.17, 15) is 4.79 Å². The number of amides is 2. The Morgan fingerprint density at radius 1 is 1.53 bits per heavy atom. The third kappa shape index (κ3) is 3.30. The zero-order chi connectivity index (χ0) is 13.2. The van der Waals surface area contributed by atoms with Gasteiger partial charge in [0, 0.05) is 11.4 Å². The van der Waals surface area contributed by atoms with E-state index in [1.807, 2.05) is 17.0 Å².